The number of carbonyl (C=O) groups is 1. The molecule has 0 aliphatic rings. The van der Waals surface area contributed by atoms with Crippen molar-refractivity contribution in [2.75, 3.05) is 6.54 Å². The minimum Gasteiger partial charge on any atom is -0.472 e. The first kappa shape index (κ1) is 13.7. The van der Waals surface area contributed by atoms with Crippen molar-refractivity contribution in [1.29, 1.82) is 0 Å². The molecule has 0 aliphatic carbocycles. The van der Waals surface area contributed by atoms with E-state index in [2.05, 4.69) is 5.32 Å². The molecule has 0 spiro atoms. The number of hydrogen-bond donors (Lipinski definition) is 2. The average Bonchev–Trinajstić information content (AvgIpc) is 3.27. The molecule has 1 amide bonds. The number of thiophene rings is 1. The highest BCUT2D eigenvalue weighted by Crippen LogP contribution is 2.31. The lowest BCUT2D eigenvalue weighted by atomic mass is 9.93. The molecule has 1 atom stereocenters. The second kappa shape index (κ2) is 5.59. The molecule has 3 aromatic rings. The van der Waals surface area contributed by atoms with E-state index in [1.807, 2.05) is 10.8 Å². The Kier molecular flexibility index (Phi) is 3.64. The highest BCUT2D eigenvalue weighted by Gasteiger charge is 2.35. The molecule has 108 valence electrons. The van der Waals surface area contributed by atoms with Gasteiger partial charge in [-0.2, -0.15) is 11.3 Å². The van der Waals surface area contributed by atoms with Crippen LogP contribution < -0.4 is 5.32 Å². The van der Waals surface area contributed by atoms with Crippen LogP contribution in [0.25, 0.3) is 0 Å². The Bertz CT molecular complexity index is 652. The molecule has 6 heteroatoms. The van der Waals surface area contributed by atoms with E-state index in [4.69, 9.17) is 8.83 Å². The summed E-state index contributed by atoms with van der Waals surface area (Å²) < 4.78 is 10.2. The van der Waals surface area contributed by atoms with E-state index in [0.717, 1.165) is 0 Å². The van der Waals surface area contributed by atoms with Crippen molar-refractivity contribution in [2.24, 2.45) is 0 Å². The van der Waals surface area contributed by atoms with Crippen molar-refractivity contribution in [1.82, 2.24) is 5.32 Å². The Morgan fingerprint density at radius 1 is 1.33 bits per heavy atom. The van der Waals surface area contributed by atoms with Crippen LogP contribution in [0.1, 0.15) is 21.7 Å². The Morgan fingerprint density at radius 3 is 2.86 bits per heavy atom. The number of nitrogens with one attached hydrogen (secondary N) is 1. The van der Waals surface area contributed by atoms with Gasteiger partial charge in [0.15, 0.2) is 5.60 Å². The highest BCUT2D eigenvalue weighted by molar-refractivity contribution is 7.08. The quantitative estimate of drug-likeness (QED) is 0.759. The summed E-state index contributed by atoms with van der Waals surface area (Å²) in [6.07, 6.45) is 4.27. The Morgan fingerprint density at radius 2 is 2.24 bits per heavy atom. The standard InChI is InChI=1S/C15H13NO4S/c17-14(11-3-6-19-8-11)16-10-15(18,12-4-7-21-9-12)13-2-1-5-20-13/h1-9,18H,10H2,(H,16,17). The number of rotatable bonds is 5. The van der Waals surface area contributed by atoms with Crippen molar-refractivity contribution in [2.45, 2.75) is 5.60 Å². The van der Waals surface area contributed by atoms with E-state index in [1.54, 1.807) is 24.3 Å². The van der Waals surface area contributed by atoms with Gasteiger partial charge in [-0.15, -0.1) is 0 Å². The van der Waals surface area contributed by atoms with Gasteiger partial charge in [0.05, 0.1) is 24.6 Å². The first-order valence-corrected chi connectivity index (χ1v) is 7.24. The number of aliphatic hydroxyl groups is 1. The van der Waals surface area contributed by atoms with Gasteiger partial charge in [-0.25, -0.2) is 0 Å². The zero-order chi connectivity index (χ0) is 14.7. The summed E-state index contributed by atoms with van der Waals surface area (Å²) in [7, 11) is 0. The van der Waals surface area contributed by atoms with Gasteiger partial charge in [-0.3, -0.25) is 4.79 Å². The Hall–Kier alpha value is -2.31. The molecule has 0 saturated carbocycles. The van der Waals surface area contributed by atoms with Crippen LogP contribution in [-0.2, 0) is 5.60 Å². The second-order valence-electron chi connectivity index (χ2n) is 4.54. The van der Waals surface area contributed by atoms with Crippen molar-refractivity contribution in [3.8, 4) is 0 Å². The number of carbonyl (C=O) groups excluding carboxylic acids is 1. The van der Waals surface area contributed by atoms with Gasteiger partial charge >= 0.3 is 0 Å². The second-order valence-corrected chi connectivity index (χ2v) is 5.32. The van der Waals surface area contributed by atoms with E-state index >= 15 is 0 Å². The molecule has 0 saturated heterocycles. The topological polar surface area (TPSA) is 75.6 Å². The fraction of sp³-hybridized carbons (Fsp3) is 0.133. The maximum absolute atomic E-state index is 12.0. The third kappa shape index (κ3) is 2.63. The van der Waals surface area contributed by atoms with Crippen LogP contribution in [-0.4, -0.2) is 17.6 Å². The lowest BCUT2D eigenvalue weighted by molar-refractivity contribution is 0.0528. The van der Waals surface area contributed by atoms with E-state index in [9.17, 15) is 9.90 Å². The van der Waals surface area contributed by atoms with Crippen molar-refractivity contribution < 1.29 is 18.7 Å². The fourth-order valence-corrected chi connectivity index (χ4v) is 2.77. The van der Waals surface area contributed by atoms with Crippen LogP contribution in [0.15, 0.2) is 62.6 Å². The molecule has 0 radical (unpaired) electrons. The Balaban J connectivity index is 1.83. The van der Waals surface area contributed by atoms with Crippen LogP contribution in [0.3, 0.4) is 0 Å². The predicted octanol–water partition coefficient (Wildman–Crippen LogP) is 2.60. The average molecular weight is 303 g/mol. The van der Waals surface area contributed by atoms with Gasteiger partial charge in [-0.1, -0.05) is 0 Å². The number of amides is 1. The van der Waals surface area contributed by atoms with E-state index in [-0.39, 0.29) is 12.5 Å². The smallest absolute Gasteiger partial charge is 0.254 e. The first-order valence-electron chi connectivity index (χ1n) is 6.29. The molecule has 1 unspecified atom stereocenters. The van der Waals surface area contributed by atoms with Gasteiger partial charge in [-0.05, 0) is 35.0 Å². The van der Waals surface area contributed by atoms with Gasteiger partial charge in [0.1, 0.15) is 12.0 Å². The summed E-state index contributed by atoms with van der Waals surface area (Å²) in [4.78, 5) is 12.0. The Labute approximate surface area is 124 Å². The molecule has 3 rings (SSSR count). The number of hydrogen-bond acceptors (Lipinski definition) is 5. The maximum Gasteiger partial charge on any atom is 0.254 e. The number of furan rings is 2. The predicted molar refractivity (Wildman–Crippen MR) is 77.1 cm³/mol. The maximum atomic E-state index is 12.0. The summed E-state index contributed by atoms with van der Waals surface area (Å²) in [5, 5.41) is 17.3. The lowest BCUT2D eigenvalue weighted by Gasteiger charge is -2.25. The monoisotopic (exact) mass is 303 g/mol. The van der Waals surface area contributed by atoms with Gasteiger partial charge in [0, 0.05) is 5.56 Å². The SMILES string of the molecule is O=C(NCC(O)(c1ccsc1)c1ccco1)c1ccoc1. The lowest BCUT2D eigenvalue weighted by Crippen LogP contribution is -2.41. The van der Waals surface area contributed by atoms with Crippen molar-refractivity contribution in [3.63, 3.8) is 0 Å². The third-order valence-electron chi connectivity index (χ3n) is 3.22. The zero-order valence-corrected chi connectivity index (χ0v) is 11.8. The molecule has 0 fully saturated rings. The summed E-state index contributed by atoms with van der Waals surface area (Å²) >= 11 is 1.47. The molecular weight excluding hydrogens is 290 g/mol. The first-order chi connectivity index (χ1) is 10.2. The van der Waals surface area contributed by atoms with E-state index in [1.165, 1.54) is 30.1 Å². The fourth-order valence-electron chi connectivity index (χ4n) is 2.05. The van der Waals surface area contributed by atoms with Crippen LogP contribution in [0.2, 0.25) is 0 Å². The molecule has 5 nitrogen and oxygen atoms in total. The normalized spacial score (nSPS) is 13.8. The van der Waals surface area contributed by atoms with E-state index in [0.29, 0.717) is 16.9 Å². The van der Waals surface area contributed by atoms with Crippen molar-refractivity contribution in [3.05, 3.63) is 70.7 Å². The van der Waals surface area contributed by atoms with Crippen LogP contribution >= 0.6 is 11.3 Å². The molecule has 3 heterocycles. The highest BCUT2D eigenvalue weighted by atomic mass is 32.1. The molecule has 21 heavy (non-hydrogen) atoms. The molecular formula is C15H13NO4S. The van der Waals surface area contributed by atoms with Crippen LogP contribution in [0.5, 0.6) is 0 Å². The summed E-state index contributed by atoms with van der Waals surface area (Å²) in [6.45, 7) is 0.00125. The minimum atomic E-state index is -1.40. The largest absolute Gasteiger partial charge is 0.472 e. The van der Waals surface area contributed by atoms with Gasteiger partial charge in [0.2, 0.25) is 0 Å². The van der Waals surface area contributed by atoms with Crippen molar-refractivity contribution >= 4 is 17.2 Å². The molecule has 0 aromatic carbocycles. The van der Waals surface area contributed by atoms with Crippen LogP contribution in [0.4, 0.5) is 0 Å². The van der Waals surface area contributed by atoms with Gasteiger partial charge in [0.25, 0.3) is 5.91 Å². The summed E-state index contributed by atoms with van der Waals surface area (Å²) in [6, 6.07) is 6.75. The zero-order valence-electron chi connectivity index (χ0n) is 11.0. The molecule has 2 N–H and O–H groups in total. The van der Waals surface area contributed by atoms with Gasteiger partial charge < -0.3 is 19.3 Å². The third-order valence-corrected chi connectivity index (χ3v) is 3.90. The van der Waals surface area contributed by atoms with E-state index < -0.39 is 5.60 Å². The summed E-state index contributed by atoms with van der Waals surface area (Å²) in [5.74, 6) is 0.0670. The summed E-state index contributed by atoms with van der Waals surface area (Å²) in [5.41, 5.74) is -0.319. The molecule has 0 aliphatic heterocycles. The minimum absolute atomic E-state index is 0.00125. The molecule has 3 aromatic heterocycles. The molecule has 0 bridgehead atoms. The van der Waals surface area contributed by atoms with Crippen LogP contribution in [0, 0.1) is 0 Å².